The molecular formula is C80H68B2N4O2. The van der Waals surface area contributed by atoms with Crippen molar-refractivity contribution in [3.63, 3.8) is 0 Å². The quantitative estimate of drug-likeness (QED) is 0.141. The van der Waals surface area contributed by atoms with Crippen molar-refractivity contribution in [1.29, 1.82) is 0 Å². The van der Waals surface area contributed by atoms with E-state index in [2.05, 4.69) is 318 Å². The lowest BCUT2D eigenvalue weighted by molar-refractivity contribution is 0.402. The molecule has 0 radical (unpaired) electrons. The lowest BCUT2D eigenvalue weighted by Crippen LogP contribution is -2.63. The normalized spacial score (nSPS) is 16.5. The average Bonchev–Trinajstić information content (AvgIpc) is 0.925. The van der Waals surface area contributed by atoms with E-state index in [-0.39, 0.29) is 35.1 Å². The summed E-state index contributed by atoms with van der Waals surface area (Å²) >= 11 is 0. The van der Waals surface area contributed by atoms with Gasteiger partial charge in [-0.05, 0) is 187 Å². The first kappa shape index (κ1) is 52.7. The van der Waals surface area contributed by atoms with Crippen LogP contribution in [-0.4, -0.2) is 13.4 Å². The zero-order valence-corrected chi connectivity index (χ0v) is 51.3. The molecule has 0 amide bonds. The lowest BCUT2D eigenvalue weighted by atomic mass is 9.31. The van der Waals surface area contributed by atoms with E-state index in [0.29, 0.717) is 0 Å². The molecule has 0 bridgehead atoms. The van der Waals surface area contributed by atoms with Crippen molar-refractivity contribution in [1.82, 2.24) is 0 Å². The Morgan fingerprint density at radius 2 is 0.636 bits per heavy atom. The molecule has 88 heavy (non-hydrogen) atoms. The van der Waals surface area contributed by atoms with Crippen LogP contribution in [0.15, 0.2) is 243 Å². The second-order valence-corrected chi connectivity index (χ2v) is 27.9. The monoisotopic (exact) mass is 1140 g/mol. The molecule has 17 rings (SSSR count). The zero-order valence-electron chi connectivity index (χ0n) is 51.3. The molecule has 0 saturated carbocycles. The highest BCUT2D eigenvalue weighted by atomic mass is 16.5. The Hall–Kier alpha value is -9.65. The molecule has 6 aliphatic rings. The van der Waals surface area contributed by atoms with Gasteiger partial charge in [0.05, 0.1) is 11.4 Å². The molecule has 11 aromatic rings. The van der Waals surface area contributed by atoms with Crippen molar-refractivity contribution >= 4 is 114 Å². The third-order valence-corrected chi connectivity index (χ3v) is 20.2. The molecule has 8 heteroatoms. The molecule has 0 fully saturated rings. The first-order valence-corrected chi connectivity index (χ1v) is 31.4. The maximum atomic E-state index is 7.62. The molecule has 4 aliphatic heterocycles. The molecule has 0 unspecified atom stereocenters. The fourth-order valence-electron chi connectivity index (χ4n) is 17.1. The highest BCUT2D eigenvalue weighted by molar-refractivity contribution is 7.02. The van der Waals surface area contributed by atoms with Gasteiger partial charge in [-0.15, -0.1) is 0 Å². The molecule has 0 aromatic heterocycles. The number of fused-ring (bicyclic) bond motifs is 10. The number of rotatable bonds is 8. The van der Waals surface area contributed by atoms with Gasteiger partial charge in [0.2, 0.25) is 0 Å². The van der Waals surface area contributed by atoms with Gasteiger partial charge in [0, 0.05) is 75.1 Å². The van der Waals surface area contributed by atoms with E-state index < -0.39 is 0 Å². The summed E-state index contributed by atoms with van der Waals surface area (Å²) < 4.78 is 15.2. The minimum atomic E-state index is -0.171. The lowest BCUT2D eigenvalue weighted by Gasteiger charge is -2.43. The third-order valence-electron chi connectivity index (χ3n) is 20.2. The highest BCUT2D eigenvalue weighted by Crippen LogP contribution is 2.55. The van der Waals surface area contributed by atoms with E-state index in [0.717, 1.165) is 126 Å². The summed E-state index contributed by atoms with van der Waals surface area (Å²) in [7, 11) is 0. The number of ether oxygens (including phenoxy) is 2. The smallest absolute Gasteiger partial charge is 0.256 e. The van der Waals surface area contributed by atoms with Crippen molar-refractivity contribution in [2.45, 2.75) is 89.9 Å². The van der Waals surface area contributed by atoms with Crippen molar-refractivity contribution < 1.29 is 9.47 Å². The Balaban J connectivity index is 0.899. The van der Waals surface area contributed by atoms with E-state index in [9.17, 15) is 0 Å². The fourth-order valence-corrected chi connectivity index (χ4v) is 17.1. The van der Waals surface area contributed by atoms with Crippen LogP contribution in [0.1, 0.15) is 90.5 Å². The number of hydrogen-bond acceptors (Lipinski definition) is 6. The van der Waals surface area contributed by atoms with Gasteiger partial charge in [-0.1, -0.05) is 183 Å². The third kappa shape index (κ3) is 7.89. The molecule has 0 N–H and O–H groups in total. The van der Waals surface area contributed by atoms with Crippen molar-refractivity contribution in [3.05, 3.63) is 265 Å². The van der Waals surface area contributed by atoms with Gasteiger partial charge >= 0.3 is 0 Å². The van der Waals surface area contributed by atoms with Gasteiger partial charge in [-0.25, -0.2) is 0 Å². The van der Waals surface area contributed by atoms with Crippen LogP contribution in [-0.2, 0) is 21.7 Å². The molecule has 0 saturated heterocycles. The van der Waals surface area contributed by atoms with Crippen LogP contribution >= 0.6 is 0 Å². The van der Waals surface area contributed by atoms with E-state index in [1.54, 1.807) is 0 Å². The van der Waals surface area contributed by atoms with Gasteiger partial charge in [-0.3, -0.25) is 0 Å². The van der Waals surface area contributed by atoms with Crippen LogP contribution in [0, 0.1) is 0 Å². The highest BCUT2D eigenvalue weighted by Gasteiger charge is 2.49. The van der Waals surface area contributed by atoms with Gasteiger partial charge in [0.25, 0.3) is 13.4 Å². The van der Waals surface area contributed by atoms with Crippen LogP contribution in [0.4, 0.5) is 68.2 Å². The summed E-state index contributed by atoms with van der Waals surface area (Å²) in [4.78, 5) is 9.78. The van der Waals surface area contributed by atoms with Gasteiger partial charge in [0.15, 0.2) is 0 Å². The Bertz CT molecular complexity index is 4310. The molecule has 2 aliphatic carbocycles. The summed E-state index contributed by atoms with van der Waals surface area (Å²) in [6.07, 6.45) is 2.18. The SMILES string of the molecule is CC1(C)CC(C)(C)c2cc(N3c4ccccc4B4c5cc6c(cc5Oc5cc(N(c7ccccc7)c7ccccc7)cc3c54)Oc3cc(N(c4ccccc4)c4ccccc4)cc4c3B6c3ccccc3N4c3ccc4c(c3)C(C)(C)CC4(C)C)ccc21. The van der Waals surface area contributed by atoms with Crippen molar-refractivity contribution in [2.75, 3.05) is 19.6 Å². The Labute approximate surface area is 518 Å². The molecule has 426 valence electrons. The Morgan fingerprint density at radius 1 is 0.295 bits per heavy atom. The first-order valence-electron chi connectivity index (χ1n) is 31.4. The molecule has 0 spiro atoms. The Morgan fingerprint density at radius 3 is 1.01 bits per heavy atom. The minimum Gasteiger partial charge on any atom is -0.458 e. The molecule has 11 aromatic carbocycles. The zero-order chi connectivity index (χ0) is 59.6. The molecule has 0 atom stereocenters. The number of para-hydroxylation sites is 6. The summed E-state index contributed by atoms with van der Waals surface area (Å²) in [5.74, 6) is 3.23. The number of benzene rings is 11. The maximum Gasteiger partial charge on any atom is 0.256 e. The van der Waals surface area contributed by atoms with Crippen molar-refractivity contribution in [3.8, 4) is 23.0 Å². The van der Waals surface area contributed by atoms with Crippen molar-refractivity contribution in [2.24, 2.45) is 0 Å². The second kappa shape index (κ2) is 18.9. The maximum absolute atomic E-state index is 7.62. The standard InChI is InChI=1S/C80H68B2N4O2/c1-77(2)49-79(5,6)61-41-55(37-39-59(61)77)85-67-35-23-21-33-63(67)81-65-47-66-72(48-71(65)87-73-45-57(43-69(85)75(73)81)83(51-25-13-9-14-26-51)52-27-15-10-16-28-52)88-74-46-58(84(53-29-17-11-18-30-53)54-31-19-12-20-32-54)44-70-76(74)82(66)64-34-22-24-36-68(64)86(70)56-38-40-60-62(42-56)80(7,8)50-78(60,3)4/h9-48H,49-50H2,1-8H3. The van der Waals surface area contributed by atoms with E-state index in [4.69, 9.17) is 9.47 Å². The van der Waals surface area contributed by atoms with Crippen LogP contribution in [0.5, 0.6) is 23.0 Å². The summed E-state index contributed by atoms with van der Waals surface area (Å²) in [5, 5.41) is 0. The van der Waals surface area contributed by atoms with Crippen LogP contribution in [0.25, 0.3) is 0 Å². The van der Waals surface area contributed by atoms with E-state index >= 15 is 0 Å². The Kier molecular flexibility index (Phi) is 11.3. The number of nitrogens with zero attached hydrogens (tertiary/aromatic N) is 4. The molecule has 4 heterocycles. The van der Waals surface area contributed by atoms with Gasteiger partial charge < -0.3 is 29.1 Å². The predicted molar refractivity (Wildman–Crippen MR) is 369 cm³/mol. The average molecular weight is 1140 g/mol. The van der Waals surface area contributed by atoms with Crippen LogP contribution in [0.3, 0.4) is 0 Å². The van der Waals surface area contributed by atoms with Crippen LogP contribution in [0.2, 0.25) is 0 Å². The number of anilines is 12. The summed E-state index contributed by atoms with van der Waals surface area (Å²) in [6.45, 7) is 18.9. The summed E-state index contributed by atoms with van der Waals surface area (Å²) in [6, 6.07) is 89.7. The van der Waals surface area contributed by atoms with Crippen LogP contribution < -0.4 is 61.9 Å². The topological polar surface area (TPSA) is 31.4 Å². The van der Waals surface area contributed by atoms with E-state index in [1.165, 1.54) is 33.2 Å². The fraction of sp³-hybridized carbons (Fsp3) is 0.175. The van der Waals surface area contributed by atoms with Gasteiger partial charge in [-0.2, -0.15) is 0 Å². The number of hydrogen-bond donors (Lipinski definition) is 0. The second-order valence-electron chi connectivity index (χ2n) is 27.9. The largest absolute Gasteiger partial charge is 0.458 e. The van der Waals surface area contributed by atoms with Gasteiger partial charge in [0.1, 0.15) is 23.0 Å². The predicted octanol–water partition coefficient (Wildman–Crippen LogP) is 17.4. The molecule has 6 nitrogen and oxygen atoms in total. The molecular weight excluding hydrogens is 1070 g/mol. The first-order chi connectivity index (χ1) is 42.6. The summed E-state index contributed by atoms with van der Waals surface area (Å²) in [5.41, 5.74) is 25.9. The minimum absolute atomic E-state index is 0.00179. The van der Waals surface area contributed by atoms with E-state index in [1.807, 2.05) is 0 Å².